The molecule has 7 nitrogen and oxygen atoms in total. The number of carbonyl (C=O) groups excluding carboxylic acids is 1. The predicted molar refractivity (Wildman–Crippen MR) is 116 cm³/mol. The van der Waals surface area contributed by atoms with Crippen LogP contribution >= 0.6 is 0 Å². The number of aromatic hydroxyl groups is 1. The zero-order valence-electron chi connectivity index (χ0n) is 17.7. The molecule has 1 saturated heterocycles. The van der Waals surface area contributed by atoms with E-state index in [9.17, 15) is 9.90 Å². The predicted octanol–water partition coefficient (Wildman–Crippen LogP) is 2.97. The van der Waals surface area contributed by atoms with Gasteiger partial charge in [-0.2, -0.15) is 0 Å². The number of nitrogens with two attached hydrogens (primary N) is 1. The van der Waals surface area contributed by atoms with Crippen molar-refractivity contribution in [3.8, 4) is 17.2 Å². The van der Waals surface area contributed by atoms with E-state index in [-0.39, 0.29) is 17.8 Å². The Hall–Kier alpha value is -2.77. The van der Waals surface area contributed by atoms with Crippen molar-refractivity contribution in [2.45, 2.75) is 32.7 Å². The number of hydrogen-bond acceptors (Lipinski definition) is 5. The summed E-state index contributed by atoms with van der Waals surface area (Å²) < 4.78 is 11.3. The summed E-state index contributed by atoms with van der Waals surface area (Å²) in [6.45, 7) is 6.91. The summed E-state index contributed by atoms with van der Waals surface area (Å²) in [7, 11) is 0. The van der Waals surface area contributed by atoms with Crippen molar-refractivity contribution in [1.29, 1.82) is 0 Å². The van der Waals surface area contributed by atoms with Gasteiger partial charge in [0, 0.05) is 25.7 Å². The molecule has 1 fully saturated rings. The number of phenolic OH excluding ortho intramolecular Hbond substituents is 1. The third-order valence-corrected chi connectivity index (χ3v) is 5.16. The van der Waals surface area contributed by atoms with Crippen LogP contribution in [-0.2, 0) is 17.6 Å². The molecule has 7 heteroatoms. The molecule has 1 aliphatic rings. The monoisotopic (exact) mass is 413 g/mol. The second kappa shape index (κ2) is 10.3. The van der Waals surface area contributed by atoms with Gasteiger partial charge in [0.15, 0.2) is 0 Å². The molecule has 0 aliphatic carbocycles. The Kier molecular flexibility index (Phi) is 7.54. The van der Waals surface area contributed by atoms with Crippen molar-refractivity contribution in [1.82, 2.24) is 10.2 Å². The quantitative estimate of drug-likeness (QED) is 0.648. The minimum atomic E-state index is -0.178. The maximum atomic E-state index is 12.2. The van der Waals surface area contributed by atoms with Gasteiger partial charge in [-0.1, -0.05) is 19.1 Å². The fourth-order valence-corrected chi connectivity index (χ4v) is 3.56. The first-order chi connectivity index (χ1) is 14.5. The van der Waals surface area contributed by atoms with E-state index in [1.807, 2.05) is 6.92 Å². The lowest BCUT2D eigenvalue weighted by Crippen LogP contribution is -2.49. The SMILES string of the molecule is CCc1cc(CC(N)CNC(=O)N2CCOCC2)cc(C)c1Oc1ccc(O)cc1. The van der Waals surface area contributed by atoms with Crippen LogP contribution in [0.15, 0.2) is 36.4 Å². The van der Waals surface area contributed by atoms with Gasteiger partial charge in [0.1, 0.15) is 17.2 Å². The number of phenols is 1. The number of aryl methyl sites for hydroxylation is 2. The number of hydrogen-bond donors (Lipinski definition) is 3. The highest BCUT2D eigenvalue weighted by Crippen LogP contribution is 2.31. The third-order valence-electron chi connectivity index (χ3n) is 5.16. The van der Waals surface area contributed by atoms with Crippen LogP contribution in [0, 0.1) is 6.92 Å². The second-order valence-electron chi connectivity index (χ2n) is 7.60. The zero-order valence-corrected chi connectivity index (χ0v) is 17.7. The summed E-state index contributed by atoms with van der Waals surface area (Å²) in [6.07, 6.45) is 1.49. The van der Waals surface area contributed by atoms with Crippen LogP contribution in [0.25, 0.3) is 0 Å². The molecule has 30 heavy (non-hydrogen) atoms. The molecular formula is C23H31N3O4. The summed E-state index contributed by atoms with van der Waals surface area (Å²) in [5, 5.41) is 12.4. The number of nitrogens with zero attached hydrogens (tertiary/aromatic N) is 1. The zero-order chi connectivity index (χ0) is 21.5. The minimum absolute atomic E-state index is 0.0863. The fourth-order valence-electron chi connectivity index (χ4n) is 3.56. The molecule has 0 saturated carbocycles. The lowest BCUT2D eigenvalue weighted by molar-refractivity contribution is 0.0531. The second-order valence-corrected chi connectivity index (χ2v) is 7.60. The van der Waals surface area contributed by atoms with Crippen LogP contribution in [-0.4, -0.2) is 54.9 Å². The van der Waals surface area contributed by atoms with Gasteiger partial charge in [-0.15, -0.1) is 0 Å². The minimum Gasteiger partial charge on any atom is -0.508 e. The van der Waals surface area contributed by atoms with Crippen LogP contribution in [0.1, 0.15) is 23.6 Å². The van der Waals surface area contributed by atoms with Gasteiger partial charge in [0.25, 0.3) is 0 Å². The molecule has 162 valence electrons. The van der Waals surface area contributed by atoms with Gasteiger partial charge in [-0.3, -0.25) is 0 Å². The van der Waals surface area contributed by atoms with Gasteiger partial charge in [0.05, 0.1) is 13.2 Å². The van der Waals surface area contributed by atoms with E-state index < -0.39 is 0 Å². The van der Waals surface area contributed by atoms with Crippen LogP contribution in [0.3, 0.4) is 0 Å². The smallest absolute Gasteiger partial charge is 0.317 e. The number of ether oxygens (including phenoxy) is 2. The first kappa shape index (κ1) is 21.9. The average Bonchev–Trinajstić information content (AvgIpc) is 2.75. The average molecular weight is 414 g/mol. The van der Waals surface area contributed by atoms with E-state index in [2.05, 4.69) is 24.4 Å². The Bertz CT molecular complexity index is 848. The molecule has 2 amide bonds. The highest BCUT2D eigenvalue weighted by atomic mass is 16.5. The van der Waals surface area contributed by atoms with E-state index in [0.29, 0.717) is 45.0 Å². The van der Waals surface area contributed by atoms with Gasteiger partial charge in [0.2, 0.25) is 0 Å². The lowest BCUT2D eigenvalue weighted by Gasteiger charge is -2.27. The van der Waals surface area contributed by atoms with Gasteiger partial charge in [-0.05, 0) is 60.7 Å². The molecule has 1 atom stereocenters. The summed E-state index contributed by atoms with van der Waals surface area (Å²) in [6, 6.07) is 10.6. The number of morpholine rings is 1. The van der Waals surface area contributed by atoms with Gasteiger partial charge < -0.3 is 30.5 Å². The highest BCUT2D eigenvalue weighted by molar-refractivity contribution is 5.74. The van der Waals surface area contributed by atoms with Crippen LogP contribution < -0.4 is 15.8 Å². The van der Waals surface area contributed by atoms with Crippen molar-refractivity contribution >= 4 is 6.03 Å². The molecule has 0 spiro atoms. The van der Waals surface area contributed by atoms with Crippen molar-refractivity contribution in [3.05, 3.63) is 53.1 Å². The normalized spacial score (nSPS) is 15.0. The molecule has 1 heterocycles. The summed E-state index contributed by atoms with van der Waals surface area (Å²) >= 11 is 0. The van der Waals surface area contributed by atoms with Crippen molar-refractivity contribution in [2.24, 2.45) is 5.73 Å². The Morgan fingerprint density at radius 3 is 2.63 bits per heavy atom. The Morgan fingerprint density at radius 2 is 1.97 bits per heavy atom. The Balaban J connectivity index is 1.61. The molecule has 3 rings (SSSR count). The van der Waals surface area contributed by atoms with Crippen LogP contribution in [0.5, 0.6) is 17.2 Å². The maximum absolute atomic E-state index is 12.2. The van der Waals surface area contributed by atoms with Gasteiger partial charge in [-0.25, -0.2) is 4.79 Å². The number of urea groups is 1. The number of amides is 2. The van der Waals surface area contributed by atoms with Crippen molar-refractivity contribution in [2.75, 3.05) is 32.8 Å². The molecule has 1 aliphatic heterocycles. The van der Waals surface area contributed by atoms with E-state index in [4.69, 9.17) is 15.2 Å². The molecule has 0 bridgehead atoms. The van der Waals surface area contributed by atoms with E-state index in [1.54, 1.807) is 29.2 Å². The number of benzene rings is 2. The van der Waals surface area contributed by atoms with Gasteiger partial charge >= 0.3 is 6.03 Å². The first-order valence-corrected chi connectivity index (χ1v) is 10.4. The summed E-state index contributed by atoms with van der Waals surface area (Å²) in [5.41, 5.74) is 9.54. The fraction of sp³-hybridized carbons (Fsp3) is 0.435. The van der Waals surface area contributed by atoms with E-state index >= 15 is 0 Å². The van der Waals surface area contributed by atoms with Crippen molar-refractivity contribution in [3.63, 3.8) is 0 Å². The third kappa shape index (κ3) is 5.87. The molecule has 0 radical (unpaired) electrons. The molecule has 4 N–H and O–H groups in total. The summed E-state index contributed by atoms with van der Waals surface area (Å²) in [4.78, 5) is 14.0. The largest absolute Gasteiger partial charge is 0.508 e. The Labute approximate surface area is 177 Å². The number of rotatable bonds is 7. The van der Waals surface area contributed by atoms with Crippen LogP contribution in [0.4, 0.5) is 4.79 Å². The lowest BCUT2D eigenvalue weighted by atomic mass is 9.98. The first-order valence-electron chi connectivity index (χ1n) is 10.4. The number of nitrogens with one attached hydrogen (secondary N) is 1. The highest BCUT2D eigenvalue weighted by Gasteiger charge is 2.18. The van der Waals surface area contributed by atoms with E-state index in [0.717, 1.165) is 28.9 Å². The van der Waals surface area contributed by atoms with Crippen LogP contribution in [0.2, 0.25) is 0 Å². The molecule has 2 aromatic rings. The number of carbonyl (C=O) groups is 1. The standard InChI is InChI=1S/C23H31N3O4/c1-3-18-13-17(12-16(2)22(18)30-21-6-4-20(27)5-7-21)14-19(24)15-25-23(28)26-8-10-29-11-9-26/h4-7,12-13,19,27H,3,8-11,14-15,24H2,1-2H3,(H,25,28). The molecule has 1 unspecified atom stereocenters. The van der Waals surface area contributed by atoms with Crippen molar-refractivity contribution < 1.29 is 19.4 Å². The topological polar surface area (TPSA) is 97.1 Å². The molecular weight excluding hydrogens is 382 g/mol. The summed E-state index contributed by atoms with van der Waals surface area (Å²) in [5.74, 6) is 1.72. The Morgan fingerprint density at radius 1 is 1.27 bits per heavy atom. The molecule has 0 aromatic heterocycles. The molecule has 2 aromatic carbocycles. The maximum Gasteiger partial charge on any atom is 0.317 e. The van der Waals surface area contributed by atoms with E-state index in [1.165, 1.54) is 0 Å².